The van der Waals surface area contributed by atoms with Gasteiger partial charge in [0.05, 0.1) is 18.8 Å². The topological polar surface area (TPSA) is 69.6 Å². The molecule has 2 heterocycles. The summed E-state index contributed by atoms with van der Waals surface area (Å²) in [7, 11) is 0. The molecule has 0 aliphatic carbocycles. The molecule has 31 heavy (non-hydrogen) atoms. The Balaban J connectivity index is 0.00000272. The van der Waals surface area contributed by atoms with Gasteiger partial charge in [0, 0.05) is 36.8 Å². The van der Waals surface area contributed by atoms with Crippen molar-refractivity contribution in [3.8, 4) is 0 Å². The van der Waals surface area contributed by atoms with Gasteiger partial charge in [0.1, 0.15) is 0 Å². The molecular formula is C24H28IN5O. The van der Waals surface area contributed by atoms with Crippen LogP contribution in [-0.2, 0) is 17.9 Å². The van der Waals surface area contributed by atoms with E-state index in [4.69, 9.17) is 4.99 Å². The quantitative estimate of drug-likeness (QED) is 0.285. The number of carbonyl (C=O) groups excluding carboxylic acids is 1. The number of halogens is 1. The van der Waals surface area contributed by atoms with E-state index in [1.807, 2.05) is 53.6 Å². The number of hydrogen-bond acceptors (Lipinski definition) is 3. The zero-order chi connectivity index (χ0) is 20.8. The lowest BCUT2D eigenvalue weighted by Gasteiger charge is -2.16. The Kier molecular flexibility index (Phi) is 8.22. The Morgan fingerprint density at radius 1 is 1.10 bits per heavy atom. The fourth-order valence-corrected chi connectivity index (χ4v) is 3.71. The summed E-state index contributed by atoms with van der Waals surface area (Å²) in [5, 5.41) is 9.01. The van der Waals surface area contributed by atoms with Gasteiger partial charge in [-0.3, -0.25) is 9.78 Å². The number of fused-ring (bicyclic) bond motifs is 1. The smallest absolute Gasteiger partial charge is 0.227 e. The van der Waals surface area contributed by atoms with Crippen LogP contribution in [0.2, 0.25) is 0 Å². The number of benzene rings is 2. The molecule has 1 amide bonds. The number of nitrogens with one attached hydrogen (secondary N) is 2. The largest absolute Gasteiger partial charge is 0.357 e. The van der Waals surface area contributed by atoms with Crippen LogP contribution in [0, 0.1) is 0 Å². The normalized spacial score (nSPS) is 13.9. The van der Waals surface area contributed by atoms with E-state index in [0.29, 0.717) is 19.5 Å². The van der Waals surface area contributed by atoms with Crippen LogP contribution in [0.25, 0.3) is 10.8 Å². The van der Waals surface area contributed by atoms with Crippen LogP contribution < -0.4 is 15.5 Å². The lowest BCUT2D eigenvalue weighted by molar-refractivity contribution is -0.117. The molecule has 7 heteroatoms. The lowest BCUT2D eigenvalue weighted by Crippen LogP contribution is -2.37. The third kappa shape index (κ3) is 5.72. The predicted octanol–water partition coefficient (Wildman–Crippen LogP) is 4.23. The van der Waals surface area contributed by atoms with Crippen LogP contribution in [0.15, 0.2) is 65.8 Å². The van der Waals surface area contributed by atoms with Crippen LogP contribution in [0.4, 0.5) is 5.69 Å². The molecule has 162 valence electrons. The highest BCUT2D eigenvalue weighted by atomic mass is 127. The van der Waals surface area contributed by atoms with Gasteiger partial charge < -0.3 is 15.5 Å². The average molecular weight is 529 g/mol. The van der Waals surface area contributed by atoms with Gasteiger partial charge in [-0.05, 0) is 42.5 Å². The minimum Gasteiger partial charge on any atom is -0.357 e. The van der Waals surface area contributed by atoms with E-state index in [-0.39, 0.29) is 29.9 Å². The standard InChI is InChI=1S/C24H27N5O.HI/c1-2-25-24(28-17-22-21-7-4-3-6-19(21)13-14-26-22)27-16-18-9-11-20(12-10-18)29-15-5-8-23(29)30;/h3-4,6-7,9-14H,2,5,8,15-17H2,1H3,(H2,25,27,28);1H. The van der Waals surface area contributed by atoms with Gasteiger partial charge in [0.15, 0.2) is 5.96 Å². The molecule has 0 atom stereocenters. The molecule has 0 unspecified atom stereocenters. The summed E-state index contributed by atoms with van der Waals surface area (Å²) >= 11 is 0. The van der Waals surface area contributed by atoms with Crippen molar-refractivity contribution in [3.63, 3.8) is 0 Å². The summed E-state index contributed by atoms with van der Waals surface area (Å²) in [6, 6.07) is 18.4. The van der Waals surface area contributed by atoms with Crippen molar-refractivity contribution in [2.45, 2.75) is 32.9 Å². The van der Waals surface area contributed by atoms with Crippen molar-refractivity contribution < 1.29 is 4.79 Å². The lowest BCUT2D eigenvalue weighted by atomic mass is 10.1. The van der Waals surface area contributed by atoms with Gasteiger partial charge >= 0.3 is 0 Å². The first-order chi connectivity index (χ1) is 14.7. The molecule has 2 aromatic carbocycles. The molecule has 3 aromatic rings. The highest BCUT2D eigenvalue weighted by molar-refractivity contribution is 14.0. The highest BCUT2D eigenvalue weighted by Gasteiger charge is 2.21. The molecule has 4 rings (SSSR count). The third-order valence-electron chi connectivity index (χ3n) is 5.26. The second kappa shape index (κ2) is 11.1. The molecule has 0 radical (unpaired) electrons. The number of aliphatic imine (C=N–C) groups is 1. The first-order valence-corrected chi connectivity index (χ1v) is 10.5. The van der Waals surface area contributed by atoms with Crippen molar-refractivity contribution in [3.05, 3.63) is 72.1 Å². The molecule has 6 nitrogen and oxygen atoms in total. The molecule has 1 aliphatic rings. The maximum atomic E-state index is 11.9. The van der Waals surface area contributed by atoms with Crippen molar-refractivity contribution in [1.82, 2.24) is 15.6 Å². The van der Waals surface area contributed by atoms with Gasteiger partial charge in [-0.25, -0.2) is 4.99 Å². The molecule has 2 N–H and O–H groups in total. The van der Waals surface area contributed by atoms with Crippen LogP contribution in [0.1, 0.15) is 31.0 Å². The minimum atomic E-state index is 0. The van der Waals surface area contributed by atoms with E-state index in [2.05, 4.69) is 34.7 Å². The second-order valence-corrected chi connectivity index (χ2v) is 7.34. The number of carbonyl (C=O) groups is 1. The molecule has 0 bridgehead atoms. The summed E-state index contributed by atoms with van der Waals surface area (Å²) < 4.78 is 0. The van der Waals surface area contributed by atoms with E-state index < -0.39 is 0 Å². The Hall–Kier alpha value is -2.68. The van der Waals surface area contributed by atoms with Crippen molar-refractivity contribution in [1.29, 1.82) is 0 Å². The number of rotatable bonds is 6. The third-order valence-corrected chi connectivity index (χ3v) is 5.26. The van der Waals surface area contributed by atoms with E-state index in [0.717, 1.165) is 47.8 Å². The molecule has 1 aromatic heterocycles. The van der Waals surface area contributed by atoms with E-state index in [1.54, 1.807) is 0 Å². The molecule has 0 spiro atoms. The minimum absolute atomic E-state index is 0. The molecule has 1 saturated heterocycles. The highest BCUT2D eigenvalue weighted by Crippen LogP contribution is 2.21. The number of hydrogen-bond donors (Lipinski definition) is 2. The Morgan fingerprint density at radius 2 is 1.90 bits per heavy atom. The zero-order valence-corrected chi connectivity index (χ0v) is 20.0. The van der Waals surface area contributed by atoms with E-state index in [1.165, 1.54) is 5.39 Å². The van der Waals surface area contributed by atoms with Gasteiger partial charge in [-0.1, -0.05) is 36.4 Å². The maximum absolute atomic E-state index is 11.9. The predicted molar refractivity (Wildman–Crippen MR) is 137 cm³/mol. The van der Waals surface area contributed by atoms with Crippen LogP contribution in [0.3, 0.4) is 0 Å². The first-order valence-electron chi connectivity index (χ1n) is 10.5. The first kappa shape index (κ1) is 23.0. The van der Waals surface area contributed by atoms with Gasteiger partial charge in [0.2, 0.25) is 5.91 Å². The van der Waals surface area contributed by atoms with Gasteiger partial charge in [0.25, 0.3) is 0 Å². The Labute approximate surface area is 200 Å². The van der Waals surface area contributed by atoms with Crippen LogP contribution in [0.5, 0.6) is 0 Å². The Bertz CT molecular complexity index is 1050. The fraction of sp³-hybridized carbons (Fsp3) is 0.292. The molecule has 1 aliphatic heterocycles. The van der Waals surface area contributed by atoms with Crippen LogP contribution in [-0.4, -0.2) is 29.9 Å². The van der Waals surface area contributed by atoms with Gasteiger partial charge in [-0.15, -0.1) is 24.0 Å². The molecule has 1 fully saturated rings. The maximum Gasteiger partial charge on any atom is 0.227 e. The zero-order valence-electron chi connectivity index (χ0n) is 17.7. The number of guanidine groups is 1. The number of pyridine rings is 1. The molecule has 0 saturated carbocycles. The summed E-state index contributed by atoms with van der Waals surface area (Å²) in [6.07, 6.45) is 3.43. The Morgan fingerprint density at radius 3 is 2.65 bits per heavy atom. The van der Waals surface area contributed by atoms with Gasteiger partial charge in [-0.2, -0.15) is 0 Å². The summed E-state index contributed by atoms with van der Waals surface area (Å²) in [5.41, 5.74) is 3.07. The molecular weight excluding hydrogens is 501 g/mol. The monoisotopic (exact) mass is 529 g/mol. The second-order valence-electron chi connectivity index (χ2n) is 7.34. The van der Waals surface area contributed by atoms with Crippen molar-refractivity contribution in [2.75, 3.05) is 18.0 Å². The SMILES string of the molecule is CCNC(=NCc1ccc(N2CCCC2=O)cc1)NCc1nccc2ccccc12.I. The average Bonchev–Trinajstić information content (AvgIpc) is 3.22. The van der Waals surface area contributed by atoms with Crippen molar-refractivity contribution >= 4 is 52.3 Å². The summed E-state index contributed by atoms with van der Waals surface area (Å²) in [5.74, 6) is 0.965. The summed E-state index contributed by atoms with van der Waals surface area (Å²) in [6.45, 7) is 4.81. The number of nitrogens with zero attached hydrogens (tertiary/aromatic N) is 3. The fourth-order valence-electron chi connectivity index (χ4n) is 3.71. The van der Waals surface area contributed by atoms with E-state index >= 15 is 0 Å². The number of anilines is 1. The number of amides is 1. The summed E-state index contributed by atoms with van der Waals surface area (Å²) in [4.78, 5) is 23.0. The number of aromatic nitrogens is 1. The van der Waals surface area contributed by atoms with E-state index in [9.17, 15) is 4.79 Å². The van der Waals surface area contributed by atoms with Crippen LogP contribution >= 0.6 is 24.0 Å². The van der Waals surface area contributed by atoms with Crippen molar-refractivity contribution in [2.24, 2.45) is 4.99 Å².